The number of thioether (sulfide) groups is 1. The Labute approximate surface area is 74.8 Å². The molecule has 3 nitrogen and oxygen atoms in total. The molecule has 1 N–H and O–H groups in total. The quantitative estimate of drug-likeness (QED) is 0.727. The Morgan fingerprint density at radius 2 is 2.50 bits per heavy atom. The third-order valence-corrected chi connectivity index (χ3v) is 2.14. The van der Waals surface area contributed by atoms with Crippen LogP contribution in [0.5, 0.6) is 0 Å². The van der Waals surface area contributed by atoms with Crippen molar-refractivity contribution in [2.75, 3.05) is 5.75 Å². The topological polar surface area (TPSA) is 50.2 Å². The highest BCUT2D eigenvalue weighted by atomic mass is 32.2. The van der Waals surface area contributed by atoms with Crippen LogP contribution in [0.25, 0.3) is 0 Å². The Hall–Kier alpha value is -1.03. The number of rotatable bonds is 3. The van der Waals surface area contributed by atoms with Crippen LogP contribution >= 0.6 is 11.8 Å². The van der Waals surface area contributed by atoms with E-state index in [0.717, 1.165) is 10.6 Å². The number of hydrogen-bond donors (Lipinski definition) is 1. The number of carboxylic acids is 1. The van der Waals surface area contributed by atoms with E-state index in [4.69, 9.17) is 5.11 Å². The SMILES string of the molecule is CCSc1ccnc(C(=O)O)c1. The first-order valence-electron chi connectivity index (χ1n) is 3.56. The van der Waals surface area contributed by atoms with Crippen molar-refractivity contribution in [2.45, 2.75) is 11.8 Å². The second-order valence-electron chi connectivity index (χ2n) is 2.11. The summed E-state index contributed by atoms with van der Waals surface area (Å²) in [6, 6.07) is 3.39. The summed E-state index contributed by atoms with van der Waals surface area (Å²) in [6.45, 7) is 2.02. The normalized spacial score (nSPS) is 9.75. The number of carbonyl (C=O) groups is 1. The van der Waals surface area contributed by atoms with Gasteiger partial charge in [0.15, 0.2) is 0 Å². The van der Waals surface area contributed by atoms with E-state index >= 15 is 0 Å². The van der Waals surface area contributed by atoms with E-state index in [0.29, 0.717) is 0 Å². The molecule has 0 atom stereocenters. The molecular weight excluding hydrogens is 174 g/mol. The molecule has 0 aliphatic rings. The molecule has 12 heavy (non-hydrogen) atoms. The van der Waals surface area contributed by atoms with Gasteiger partial charge in [0.1, 0.15) is 5.69 Å². The van der Waals surface area contributed by atoms with Crippen molar-refractivity contribution in [3.8, 4) is 0 Å². The van der Waals surface area contributed by atoms with Gasteiger partial charge in [0, 0.05) is 11.1 Å². The van der Waals surface area contributed by atoms with Crippen molar-refractivity contribution in [1.29, 1.82) is 0 Å². The highest BCUT2D eigenvalue weighted by Gasteiger charge is 2.03. The van der Waals surface area contributed by atoms with E-state index in [1.165, 1.54) is 6.20 Å². The van der Waals surface area contributed by atoms with Crippen LogP contribution < -0.4 is 0 Å². The molecule has 64 valence electrons. The highest BCUT2D eigenvalue weighted by Crippen LogP contribution is 2.16. The molecule has 0 radical (unpaired) electrons. The van der Waals surface area contributed by atoms with Gasteiger partial charge in [0.05, 0.1) is 0 Å². The Kier molecular flexibility index (Phi) is 3.10. The third-order valence-electron chi connectivity index (χ3n) is 1.26. The van der Waals surface area contributed by atoms with Crippen LogP contribution in [0.15, 0.2) is 23.2 Å². The fourth-order valence-corrected chi connectivity index (χ4v) is 1.47. The van der Waals surface area contributed by atoms with Gasteiger partial charge in [-0.05, 0) is 17.9 Å². The fourth-order valence-electron chi connectivity index (χ4n) is 0.785. The number of hydrogen-bond acceptors (Lipinski definition) is 3. The van der Waals surface area contributed by atoms with E-state index in [1.807, 2.05) is 6.92 Å². The van der Waals surface area contributed by atoms with Crippen molar-refractivity contribution in [3.63, 3.8) is 0 Å². The average molecular weight is 183 g/mol. The van der Waals surface area contributed by atoms with Crippen LogP contribution in [0.4, 0.5) is 0 Å². The maximum atomic E-state index is 10.5. The highest BCUT2D eigenvalue weighted by molar-refractivity contribution is 7.99. The minimum Gasteiger partial charge on any atom is -0.477 e. The van der Waals surface area contributed by atoms with Gasteiger partial charge >= 0.3 is 5.97 Å². The Bertz CT molecular complexity index is 288. The zero-order valence-electron chi connectivity index (χ0n) is 6.65. The number of aromatic nitrogens is 1. The van der Waals surface area contributed by atoms with Crippen molar-refractivity contribution in [1.82, 2.24) is 4.98 Å². The molecule has 0 spiro atoms. The summed E-state index contributed by atoms with van der Waals surface area (Å²) in [5.74, 6) is -0.0446. The van der Waals surface area contributed by atoms with Crippen LogP contribution in [-0.4, -0.2) is 21.8 Å². The largest absolute Gasteiger partial charge is 0.477 e. The van der Waals surface area contributed by atoms with Crippen molar-refractivity contribution >= 4 is 17.7 Å². The second kappa shape index (κ2) is 4.11. The molecule has 1 aromatic rings. The lowest BCUT2D eigenvalue weighted by Crippen LogP contribution is -1.99. The van der Waals surface area contributed by atoms with E-state index in [1.54, 1.807) is 23.9 Å². The van der Waals surface area contributed by atoms with Gasteiger partial charge in [-0.3, -0.25) is 0 Å². The van der Waals surface area contributed by atoms with Gasteiger partial charge in [-0.1, -0.05) is 6.92 Å². The van der Waals surface area contributed by atoms with Crippen LogP contribution in [0.1, 0.15) is 17.4 Å². The molecule has 0 unspecified atom stereocenters. The average Bonchev–Trinajstić information content (AvgIpc) is 2.05. The summed E-state index contributed by atoms with van der Waals surface area (Å²) in [5, 5.41) is 8.61. The van der Waals surface area contributed by atoms with Crippen molar-refractivity contribution < 1.29 is 9.90 Å². The van der Waals surface area contributed by atoms with E-state index in [2.05, 4.69) is 4.98 Å². The maximum absolute atomic E-state index is 10.5. The standard InChI is InChI=1S/C8H9NO2S/c1-2-12-6-3-4-9-7(5-6)8(10)11/h3-5H,2H2,1H3,(H,10,11). The fraction of sp³-hybridized carbons (Fsp3) is 0.250. The van der Waals surface area contributed by atoms with Gasteiger partial charge in [-0.25, -0.2) is 9.78 Å². The lowest BCUT2D eigenvalue weighted by molar-refractivity contribution is 0.0690. The molecule has 0 aliphatic heterocycles. The zero-order chi connectivity index (χ0) is 8.97. The Morgan fingerprint density at radius 3 is 3.08 bits per heavy atom. The minimum absolute atomic E-state index is 0.105. The molecule has 0 saturated heterocycles. The summed E-state index contributed by atoms with van der Waals surface area (Å²) in [6.07, 6.45) is 1.52. The van der Waals surface area contributed by atoms with Crippen molar-refractivity contribution in [3.05, 3.63) is 24.0 Å². The van der Waals surface area contributed by atoms with Crippen molar-refractivity contribution in [2.24, 2.45) is 0 Å². The van der Waals surface area contributed by atoms with E-state index in [-0.39, 0.29) is 5.69 Å². The lowest BCUT2D eigenvalue weighted by atomic mass is 10.4. The molecule has 1 heterocycles. The summed E-state index contributed by atoms with van der Waals surface area (Å²) in [5.41, 5.74) is 0.105. The molecule has 0 saturated carbocycles. The first-order chi connectivity index (χ1) is 5.74. The van der Waals surface area contributed by atoms with Gasteiger partial charge in [0.25, 0.3) is 0 Å². The maximum Gasteiger partial charge on any atom is 0.354 e. The van der Waals surface area contributed by atoms with Gasteiger partial charge in [-0.15, -0.1) is 11.8 Å². The van der Waals surface area contributed by atoms with Gasteiger partial charge < -0.3 is 5.11 Å². The summed E-state index contributed by atoms with van der Waals surface area (Å²) < 4.78 is 0. The number of nitrogens with zero attached hydrogens (tertiary/aromatic N) is 1. The first kappa shape index (κ1) is 9.06. The molecule has 1 aromatic heterocycles. The first-order valence-corrected chi connectivity index (χ1v) is 4.54. The summed E-state index contributed by atoms with van der Waals surface area (Å²) in [7, 11) is 0. The molecule has 4 heteroatoms. The van der Waals surface area contributed by atoms with Crippen LogP contribution in [0.3, 0.4) is 0 Å². The van der Waals surface area contributed by atoms with Crippen LogP contribution in [-0.2, 0) is 0 Å². The van der Waals surface area contributed by atoms with E-state index < -0.39 is 5.97 Å². The molecule has 0 amide bonds. The second-order valence-corrected chi connectivity index (χ2v) is 3.45. The third kappa shape index (κ3) is 2.23. The molecule has 0 fully saturated rings. The summed E-state index contributed by atoms with van der Waals surface area (Å²) >= 11 is 1.60. The molecule has 0 bridgehead atoms. The predicted octanol–water partition coefficient (Wildman–Crippen LogP) is 1.89. The smallest absolute Gasteiger partial charge is 0.354 e. The Morgan fingerprint density at radius 1 is 1.75 bits per heavy atom. The molecular formula is C8H9NO2S. The van der Waals surface area contributed by atoms with Gasteiger partial charge in [-0.2, -0.15) is 0 Å². The zero-order valence-corrected chi connectivity index (χ0v) is 7.47. The molecule has 0 aliphatic carbocycles. The minimum atomic E-state index is -0.978. The monoisotopic (exact) mass is 183 g/mol. The van der Waals surface area contributed by atoms with Crippen LogP contribution in [0.2, 0.25) is 0 Å². The predicted molar refractivity (Wildman–Crippen MR) is 47.6 cm³/mol. The number of pyridine rings is 1. The number of carboxylic acid groups (broad SMARTS) is 1. The van der Waals surface area contributed by atoms with Crippen LogP contribution in [0, 0.1) is 0 Å². The van der Waals surface area contributed by atoms with E-state index in [9.17, 15) is 4.79 Å². The number of aromatic carboxylic acids is 1. The Balaban J connectivity index is 2.88. The lowest BCUT2D eigenvalue weighted by Gasteiger charge is -1.98. The van der Waals surface area contributed by atoms with Gasteiger partial charge in [0.2, 0.25) is 0 Å². The molecule has 0 aromatic carbocycles. The summed E-state index contributed by atoms with van der Waals surface area (Å²) in [4.78, 5) is 15.1. The molecule has 1 rings (SSSR count).